The molecule has 15 heavy (non-hydrogen) atoms. The minimum atomic E-state index is -0.219. The quantitative estimate of drug-likeness (QED) is 0.747. The van der Waals surface area contributed by atoms with Crippen LogP contribution in [-0.4, -0.2) is 9.97 Å². The van der Waals surface area contributed by atoms with Crippen molar-refractivity contribution in [3.63, 3.8) is 0 Å². The molecule has 0 saturated heterocycles. The molecule has 0 aliphatic carbocycles. The van der Waals surface area contributed by atoms with Crippen LogP contribution in [0.2, 0.25) is 0 Å². The van der Waals surface area contributed by atoms with E-state index in [1.54, 1.807) is 25.3 Å². The molecule has 1 heterocycles. The molecule has 2 aromatic rings. The molecule has 1 N–H and O–H groups in total. The van der Waals surface area contributed by atoms with Crippen LogP contribution in [0.25, 0.3) is 11.3 Å². The molecule has 0 unspecified atom stereocenters. The van der Waals surface area contributed by atoms with Crippen molar-refractivity contribution in [1.82, 2.24) is 9.97 Å². The number of hydrogen-bond acceptors (Lipinski definition) is 2. The summed E-state index contributed by atoms with van der Waals surface area (Å²) in [4.78, 5) is 6.78. The standard InChI is InChI=1S/C11H9FN2S/c1-7-2-3-8(6-9(7)12)10-4-5-13-11(15)14-10/h2-6H,1H3,(H,13,14,15). The van der Waals surface area contributed by atoms with Crippen LogP contribution in [0, 0.1) is 17.5 Å². The number of hydrogen-bond donors (Lipinski definition) is 1. The molecule has 76 valence electrons. The number of aromatic amines is 1. The second kappa shape index (κ2) is 3.90. The lowest BCUT2D eigenvalue weighted by Gasteiger charge is -2.02. The van der Waals surface area contributed by atoms with Gasteiger partial charge in [-0.1, -0.05) is 12.1 Å². The fraction of sp³-hybridized carbons (Fsp3) is 0.0909. The smallest absolute Gasteiger partial charge is 0.197 e. The molecule has 0 amide bonds. The van der Waals surface area contributed by atoms with Gasteiger partial charge < -0.3 is 4.98 Å². The van der Waals surface area contributed by atoms with Gasteiger partial charge in [0.25, 0.3) is 0 Å². The van der Waals surface area contributed by atoms with E-state index >= 15 is 0 Å². The molecular weight excluding hydrogens is 211 g/mol. The third-order valence-corrected chi connectivity index (χ3v) is 2.36. The third-order valence-electron chi connectivity index (χ3n) is 2.16. The van der Waals surface area contributed by atoms with Gasteiger partial charge in [0.2, 0.25) is 0 Å². The maximum Gasteiger partial charge on any atom is 0.197 e. The molecule has 0 aliphatic rings. The highest BCUT2D eigenvalue weighted by Crippen LogP contribution is 2.18. The number of H-pyrrole nitrogens is 1. The van der Waals surface area contributed by atoms with E-state index in [4.69, 9.17) is 12.2 Å². The van der Waals surface area contributed by atoms with Crippen molar-refractivity contribution in [2.75, 3.05) is 0 Å². The highest BCUT2D eigenvalue weighted by atomic mass is 32.1. The first-order valence-corrected chi connectivity index (χ1v) is 4.89. The number of aryl methyl sites for hydroxylation is 1. The van der Waals surface area contributed by atoms with E-state index in [0.29, 0.717) is 10.3 Å². The number of halogens is 1. The Kier molecular flexibility index (Phi) is 2.60. The molecular formula is C11H9FN2S. The first kappa shape index (κ1) is 9.98. The summed E-state index contributed by atoms with van der Waals surface area (Å²) < 4.78 is 13.7. The molecule has 1 aromatic carbocycles. The Morgan fingerprint density at radius 2 is 2.13 bits per heavy atom. The summed E-state index contributed by atoms with van der Waals surface area (Å²) in [6, 6.07) is 6.83. The third kappa shape index (κ3) is 2.10. The maximum atomic E-state index is 13.3. The van der Waals surface area contributed by atoms with Crippen molar-refractivity contribution in [2.45, 2.75) is 6.92 Å². The molecule has 0 spiro atoms. The van der Waals surface area contributed by atoms with Crippen LogP contribution in [0.1, 0.15) is 5.56 Å². The van der Waals surface area contributed by atoms with Crippen LogP contribution in [0.3, 0.4) is 0 Å². The van der Waals surface area contributed by atoms with Crippen LogP contribution in [0.4, 0.5) is 4.39 Å². The van der Waals surface area contributed by atoms with E-state index in [2.05, 4.69) is 9.97 Å². The zero-order valence-electron chi connectivity index (χ0n) is 8.12. The maximum absolute atomic E-state index is 13.3. The lowest BCUT2D eigenvalue weighted by Crippen LogP contribution is -1.88. The van der Waals surface area contributed by atoms with Gasteiger partial charge in [-0.2, -0.15) is 0 Å². The minimum absolute atomic E-state index is 0.219. The van der Waals surface area contributed by atoms with Crippen molar-refractivity contribution >= 4 is 12.2 Å². The summed E-state index contributed by atoms with van der Waals surface area (Å²) in [6.45, 7) is 1.73. The van der Waals surface area contributed by atoms with Gasteiger partial charge in [0, 0.05) is 17.5 Å². The Bertz CT molecular complexity index is 548. The predicted octanol–water partition coefficient (Wildman–Crippen LogP) is 3.25. The Balaban J connectivity index is 2.55. The van der Waals surface area contributed by atoms with Crippen LogP contribution in [0.15, 0.2) is 30.5 Å². The van der Waals surface area contributed by atoms with Gasteiger partial charge in [-0.25, -0.2) is 9.37 Å². The summed E-state index contributed by atoms with van der Waals surface area (Å²) >= 11 is 4.90. The normalized spacial score (nSPS) is 10.3. The number of nitrogens with one attached hydrogen (secondary N) is 1. The second-order valence-electron chi connectivity index (χ2n) is 3.25. The van der Waals surface area contributed by atoms with Gasteiger partial charge in [-0.15, -0.1) is 0 Å². The topological polar surface area (TPSA) is 28.7 Å². The van der Waals surface area contributed by atoms with E-state index in [9.17, 15) is 4.39 Å². The summed E-state index contributed by atoms with van der Waals surface area (Å²) in [5.41, 5.74) is 2.17. The van der Waals surface area contributed by atoms with E-state index in [-0.39, 0.29) is 5.82 Å². The average Bonchev–Trinajstić information content (AvgIpc) is 2.22. The Labute approximate surface area is 91.8 Å². The zero-order chi connectivity index (χ0) is 10.8. The highest BCUT2D eigenvalue weighted by Gasteiger charge is 2.01. The summed E-state index contributed by atoms with van der Waals surface area (Å²) in [7, 11) is 0. The van der Waals surface area contributed by atoms with Gasteiger partial charge in [-0.3, -0.25) is 0 Å². The lowest BCUT2D eigenvalue weighted by atomic mass is 10.1. The van der Waals surface area contributed by atoms with Gasteiger partial charge in [-0.05, 0) is 36.8 Å². The van der Waals surface area contributed by atoms with Crippen LogP contribution >= 0.6 is 12.2 Å². The molecule has 0 fully saturated rings. The molecule has 0 radical (unpaired) electrons. The molecule has 0 aliphatic heterocycles. The molecule has 0 atom stereocenters. The van der Waals surface area contributed by atoms with E-state index < -0.39 is 0 Å². The highest BCUT2D eigenvalue weighted by molar-refractivity contribution is 7.71. The molecule has 2 rings (SSSR count). The molecule has 4 heteroatoms. The van der Waals surface area contributed by atoms with E-state index in [0.717, 1.165) is 11.3 Å². The van der Waals surface area contributed by atoms with Crippen molar-refractivity contribution in [1.29, 1.82) is 0 Å². The number of rotatable bonds is 1. The molecule has 0 bridgehead atoms. The summed E-state index contributed by atoms with van der Waals surface area (Å²) in [6.07, 6.45) is 1.60. The fourth-order valence-corrected chi connectivity index (χ4v) is 1.47. The van der Waals surface area contributed by atoms with Crippen LogP contribution < -0.4 is 0 Å². The molecule has 2 nitrogen and oxygen atoms in total. The Hall–Kier alpha value is -1.55. The van der Waals surface area contributed by atoms with Gasteiger partial charge >= 0.3 is 0 Å². The van der Waals surface area contributed by atoms with Crippen LogP contribution in [0.5, 0.6) is 0 Å². The Morgan fingerprint density at radius 1 is 1.33 bits per heavy atom. The SMILES string of the molecule is Cc1ccc(-c2ccnc(=S)[nH]2)cc1F. The largest absolute Gasteiger partial charge is 0.330 e. The van der Waals surface area contributed by atoms with Crippen molar-refractivity contribution in [2.24, 2.45) is 0 Å². The lowest BCUT2D eigenvalue weighted by molar-refractivity contribution is 0.619. The molecule has 1 aromatic heterocycles. The van der Waals surface area contributed by atoms with E-state index in [1.165, 1.54) is 6.07 Å². The summed E-state index contributed by atoms with van der Waals surface area (Å²) in [5, 5.41) is 0. The first-order chi connectivity index (χ1) is 7.16. The van der Waals surface area contributed by atoms with Gasteiger partial charge in [0.15, 0.2) is 4.77 Å². The fourth-order valence-electron chi connectivity index (χ4n) is 1.30. The predicted molar refractivity (Wildman–Crippen MR) is 59.6 cm³/mol. The minimum Gasteiger partial charge on any atom is -0.330 e. The monoisotopic (exact) mass is 220 g/mol. The second-order valence-corrected chi connectivity index (χ2v) is 3.64. The number of aromatic nitrogens is 2. The van der Waals surface area contributed by atoms with Gasteiger partial charge in [0.05, 0.1) is 0 Å². The van der Waals surface area contributed by atoms with Crippen molar-refractivity contribution in [3.05, 3.63) is 46.6 Å². The number of benzene rings is 1. The number of nitrogens with zero attached hydrogens (tertiary/aromatic N) is 1. The van der Waals surface area contributed by atoms with E-state index in [1.807, 2.05) is 6.07 Å². The van der Waals surface area contributed by atoms with Crippen LogP contribution in [-0.2, 0) is 0 Å². The van der Waals surface area contributed by atoms with Gasteiger partial charge in [0.1, 0.15) is 5.82 Å². The first-order valence-electron chi connectivity index (χ1n) is 4.48. The summed E-state index contributed by atoms with van der Waals surface area (Å²) in [5.74, 6) is -0.219. The average molecular weight is 220 g/mol. The van der Waals surface area contributed by atoms with Crippen molar-refractivity contribution < 1.29 is 4.39 Å². The molecule has 0 saturated carbocycles. The zero-order valence-corrected chi connectivity index (χ0v) is 8.94. The Morgan fingerprint density at radius 3 is 2.80 bits per heavy atom. The van der Waals surface area contributed by atoms with Crippen molar-refractivity contribution in [3.8, 4) is 11.3 Å².